The Morgan fingerprint density at radius 2 is 0.394 bits per heavy atom. The van der Waals surface area contributed by atoms with Crippen molar-refractivity contribution in [2.75, 3.05) is 0 Å². The summed E-state index contributed by atoms with van der Waals surface area (Å²) in [6, 6.07) is 0. The summed E-state index contributed by atoms with van der Waals surface area (Å²) in [6.07, 6.45) is -4.93. The van der Waals surface area contributed by atoms with Crippen molar-refractivity contribution in [3.63, 3.8) is 0 Å². The van der Waals surface area contributed by atoms with E-state index >= 15 is 0 Å². The van der Waals surface area contributed by atoms with E-state index in [2.05, 4.69) is 0 Å². The fourth-order valence-corrected chi connectivity index (χ4v) is 0. The van der Waals surface area contributed by atoms with Gasteiger partial charge in [-0.2, -0.15) is 0 Å². The van der Waals surface area contributed by atoms with Crippen LogP contribution >= 0.6 is 0 Å². The molecule has 0 heterocycles. The first-order valence-corrected chi connectivity index (χ1v) is 6.21. The third-order valence-corrected chi connectivity index (χ3v) is 1.43. The predicted octanol–water partition coefficient (Wildman–Crippen LogP) is 3.53. The highest BCUT2D eigenvalue weighted by Crippen LogP contribution is 1.74. The molecule has 33 heavy (non-hydrogen) atoms. The van der Waals surface area contributed by atoms with Crippen LogP contribution in [0.4, 0.5) is 0 Å². The highest BCUT2D eigenvalue weighted by atomic mass is 16.4. The van der Waals surface area contributed by atoms with Gasteiger partial charge in [0.25, 0.3) is 0 Å². The Morgan fingerprint density at radius 1 is 0.364 bits per heavy atom. The van der Waals surface area contributed by atoms with Crippen LogP contribution in [0.5, 0.6) is 0 Å². The molecule has 0 saturated carbocycles. The zero-order valence-corrected chi connectivity index (χ0v) is 13.5. The highest BCUT2D eigenvalue weighted by molar-refractivity contribution is 5.72. The summed E-state index contributed by atoms with van der Waals surface area (Å²) < 4.78 is 0. The average molecular weight is 505 g/mol. The second kappa shape index (κ2) is 52.0. The van der Waals surface area contributed by atoms with E-state index in [0.29, 0.717) is 0 Å². The maximum Gasteiger partial charge on any atom is 0.332 e. The first-order chi connectivity index (χ1) is 10.6. The van der Waals surface area contributed by atoms with Crippen molar-refractivity contribution in [2.24, 2.45) is 0 Å². The minimum absolute atomic E-state index is 0. The Labute approximate surface area is 203 Å². The summed E-state index contributed by atoms with van der Waals surface area (Å²) in [6.45, 7) is 4.79. The lowest BCUT2D eigenvalue weighted by molar-refractivity contribution is -0.146. The quantitative estimate of drug-likeness (QED) is 0.275. The van der Waals surface area contributed by atoms with Gasteiger partial charge in [0.2, 0.25) is 0 Å². The van der Waals surface area contributed by atoms with Gasteiger partial charge >= 0.3 is 23.9 Å². The SMILES string of the molecule is C.C.C.C.C.C.C.C.C.CC(O)C(=O)O.CC(O)C(=O)O.CC(O)C(=O)O.CC(O)C(=O)O. The number of carbonyl (C=O) groups is 4. The second-order valence-electron chi connectivity index (χ2n) is 4.06. The van der Waals surface area contributed by atoms with Gasteiger partial charge in [0, 0.05) is 0 Å². The van der Waals surface area contributed by atoms with Crippen LogP contribution in [-0.4, -0.2) is 89.1 Å². The van der Waals surface area contributed by atoms with E-state index in [0.717, 1.165) is 0 Å². The minimum Gasteiger partial charge on any atom is -0.479 e. The van der Waals surface area contributed by atoms with Crippen LogP contribution in [0, 0.1) is 0 Å². The summed E-state index contributed by atoms with van der Waals surface area (Å²) in [5.41, 5.74) is 0. The fraction of sp³-hybridized carbons (Fsp3) is 0.810. The molecule has 0 aliphatic rings. The Balaban J connectivity index is -0.0000000135. The van der Waals surface area contributed by atoms with Crippen LogP contribution in [0.1, 0.15) is 94.5 Å². The predicted molar refractivity (Wildman–Crippen MR) is 138 cm³/mol. The molecule has 0 fully saturated rings. The summed E-state index contributed by atoms with van der Waals surface area (Å²) in [5.74, 6) is -4.74. The van der Waals surface area contributed by atoms with Crippen molar-refractivity contribution in [3.05, 3.63) is 0 Å². The van der Waals surface area contributed by atoms with Gasteiger partial charge in [-0.05, 0) is 27.7 Å². The van der Waals surface area contributed by atoms with Crippen LogP contribution in [0.15, 0.2) is 0 Å². The lowest BCUT2D eigenvalue weighted by Crippen LogP contribution is -2.13. The van der Waals surface area contributed by atoms with Crippen LogP contribution in [0.3, 0.4) is 0 Å². The van der Waals surface area contributed by atoms with Gasteiger partial charge in [-0.1, -0.05) is 66.8 Å². The molecule has 0 spiro atoms. The number of carboxylic acids is 4. The van der Waals surface area contributed by atoms with Gasteiger partial charge in [-0.3, -0.25) is 0 Å². The molecule has 216 valence electrons. The van der Waals surface area contributed by atoms with Gasteiger partial charge in [0.15, 0.2) is 0 Å². The van der Waals surface area contributed by atoms with Gasteiger partial charge in [0.05, 0.1) is 0 Å². The molecule has 12 heteroatoms. The number of hydrogen-bond donors (Lipinski definition) is 8. The average Bonchev–Trinajstić information content (AvgIpc) is 2.40. The molecule has 0 radical (unpaired) electrons. The van der Waals surface area contributed by atoms with Crippen LogP contribution in [0.2, 0.25) is 0 Å². The summed E-state index contributed by atoms with van der Waals surface area (Å²) in [5, 5.41) is 63.1. The molecule has 0 aromatic rings. The molecule has 4 unspecified atom stereocenters. The highest BCUT2D eigenvalue weighted by Gasteiger charge is 2.02. The largest absolute Gasteiger partial charge is 0.479 e. The van der Waals surface area contributed by atoms with Crippen molar-refractivity contribution >= 4 is 23.9 Å². The van der Waals surface area contributed by atoms with Gasteiger partial charge in [-0.25, -0.2) is 19.2 Å². The monoisotopic (exact) mass is 504 g/mol. The van der Waals surface area contributed by atoms with Gasteiger partial charge in [0.1, 0.15) is 24.4 Å². The summed E-state index contributed by atoms with van der Waals surface area (Å²) >= 11 is 0. The Morgan fingerprint density at radius 3 is 0.394 bits per heavy atom. The summed E-state index contributed by atoms with van der Waals surface area (Å²) in [4.78, 5) is 37.8. The number of aliphatic hydroxyl groups excluding tert-OH is 4. The van der Waals surface area contributed by atoms with Crippen molar-refractivity contribution in [1.29, 1.82) is 0 Å². The molecule has 0 aliphatic carbocycles. The number of hydrogen-bond acceptors (Lipinski definition) is 8. The minimum atomic E-state index is -1.23. The zero-order chi connectivity index (χ0) is 20.6. The topological polar surface area (TPSA) is 230 Å². The third-order valence-electron chi connectivity index (χ3n) is 1.43. The molecular weight excluding hydrogens is 444 g/mol. The molecule has 0 aromatic carbocycles. The third kappa shape index (κ3) is 121. The normalized spacial score (nSPS) is 9.94. The molecule has 4 atom stereocenters. The van der Waals surface area contributed by atoms with Crippen LogP contribution < -0.4 is 0 Å². The molecule has 0 bridgehead atoms. The van der Waals surface area contributed by atoms with E-state index in [-0.39, 0.29) is 66.8 Å². The first-order valence-electron chi connectivity index (χ1n) is 6.21. The lowest BCUT2D eigenvalue weighted by Gasteiger charge is -1.89. The number of aliphatic carboxylic acids is 4. The number of rotatable bonds is 4. The second-order valence-corrected chi connectivity index (χ2v) is 4.06. The van der Waals surface area contributed by atoms with E-state index in [4.69, 9.17) is 40.9 Å². The van der Waals surface area contributed by atoms with Crippen LogP contribution in [0.25, 0.3) is 0 Å². The van der Waals surface area contributed by atoms with Gasteiger partial charge < -0.3 is 40.9 Å². The molecule has 0 saturated heterocycles. The fourth-order valence-electron chi connectivity index (χ4n) is 0. The number of aliphatic hydroxyl groups is 4. The Hall–Kier alpha value is -2.28. The molecule has 0 aromatic heterocycles. The molecule has 0 amide bonds. The van der Waals surface area contributed by atoms with Crippen molar-refractivity contribution in [3.8, 4) is 0 Å². The van der Waals surface area contributed by atoms with E-state index in [9.17, 15) is 19.2 Å². The van der Waals surface area contributed by atoms with E-state index in [1.807, 2.05) is 0 Å². The lowest BCUT2D eigenvalue weighted by atomic mass is 10.4. The molecule has 12 nitrogen and oxygen atoms in total. The number of carboxylic acid groups (broad SMARTS) is 4. The molecule has 8 N–H and O–H groups in total. The maximum atomic E-state index is 9.45. The van der Waals surface area contributed by atoms with Gasteiger partial charge in [-0.15, -0.1) is 0 Å². The van der Waals surface area contributed by atoms with Crippen molar-refractivity contribution in [2.45, 2.75) is 119 Å². The van der Waals surface area contributed by atoms with Crippen LogP contribution in [-0.2, 0) is 19.2 Å². The Kier molecular flexibility index (Phi) is 136. The molecular formula is C21H60O12. The van der Waals surface area contributed by atoms with Crippen molar-refractivity contribution < 1.29 is 60.0 Å². The summed E-state index contributed by atoms with van der Waals surface area (Å²) in [7, 11) is 0. The smallest absolute Gasteiger partial charge is 0.332 e. The van der Waals surface area contributed by atoms with E-state index in [1.165, 1.54) is 27.7 Å². The molecule has 0 aliphatic heterocycles. The van der Waals surface area contributed by atoms with E-state index < -0.39 is 48.3 Å². The molecule has 0 rings (SSSR count). The van der Waals surface area contributed by atoms with E-state index in [1.54, 1.807) is 0 Å². The maximum absolute atomic E-state index is 9.45. The Bertz CT molecular complexity index is 307. The first kappa shape index (κ1) is 86.4. The van der Waals surface area contributed by atoms with Crippen molar-refractivity contribution in [1.82, 2.24) is 0 Å². The zero-order valence-electron chi connectivity index (χ0n) is 13.5. The standard InChI is InChI=1S/4C3H6O3.9CH4/c4*1-2(4)3(5)6;;;;;;;;;/h4*2,4H,1H3,(H,5,6);9*1H4.